The van der Waals surface area contributed by atoms with Gasteiger partial charge in [-0.2, -0.15) is 0 Å². The minimum atomic E-state index is -0.302. The number of carbonyl (C=O) groups is 1. The number of nitrogens with one attached hydrogen (secondary N) is 2. The predicted molar refractivity (Wildman–Crippen MR) is 59.5 cm³/mol. The van der Waals surface area contributed by atoms with Crippen LogP contribution in [0.5, 0.6) is 0 Å². The van der Waals surface area contributed by atoms with Crippen molar-refractivity contribution in [2.45, 2.75) is 38.6 Å². The SMILES string of the molecule is CC(C)(CCO)NC(=O)[C@H]1CCCNC1. The van der Waals surface area contributed by atoms with E-state index in [9.17, 15) is 4.79 Å². The molecule has 1 atom stereocenters. The Kier molecular flexibility index (Phi) is 4.54. The number of rotatable bonds is 4. The molecule has 0 spiro atoms. The van der Waals surface area contributed by atoms with Crippen LogP contribution in [-0.2, 0) is 4.79 Å². The van der Waals surface area contributed by atoms with Crippen LogP contribution in [0.4, 0.5) is 0 Å². The van der Waals surface area contributed by atoms with Crippen molar-refractivity contribution in [2.24, 2.45) is 5.92 Å². The Balaban J connectivity index is 2.39. The normalized spacial score (nSPS) is 22.5. The highest BCUT2D eigenvalue weighted by Gasteiger charge is 2.26. The van der Waals surface area contributed by atoms with E-state index in [0.29, 0.717) is 6.42 Å². The second-order valence-corrected chi connectivity index (χ2v) is 4.89. The highest BCUT2D eigenvalue weighted by Crippen LogP contribution is 2.13. The van der Waals surface area contributed by atoms with Gasteiger partial charge in [-0.15, -0.1) is 0 Å². The van der Waals surface area contributed by atoms with Gasteiger partial charge in [0, 0.05) is 18.7 Å². The lowest BCUT2D eigenvalue weighted by Crippen LogP contribution is -2.49. The molecule has 1 aliphatic heterocycles. The first-order valence-electron chi connectivity index (χ1n) is 5.69. The van der Waals surface area contributed by atoms with Crippen molar-refractivity contribution in [1.29, 1.82) is 0 Å². The lowest BCUT2D eigenvalue weighted by Gasteiger charge is -2.29. The van der Waals surface area contributed by atoms with Gasteiger partial charge in [0.1, 0.15) is 0 Å². The van der Waals surface area contributed by atoms with Crippen LogP contribution in [-0.4, -0.2) is 36.2 Å². The van der Waals surface area contributed by atoms with Crippen LogP contribution in [0.25, 0.3) is 0 Å². The van der Waals surface area contributed by atoms with Crippen molar-refractivity contribution in [3.8, 4) is 0 Å². The highest BCUT2D eigenvalue weighted by atomic mass is 16.3. The molecule has 0 aromatic heterocycles. The van der Waals surface area contributed by atoms with Crippen LogP contribution in [0.1, 0.15) is 33.1 Å². The zero-order valence-corrected chi connectivity index (χ0v) is 9.68. The summed E-state index contributed by atoms with van der Waals surface area (Å²) >= 11 is 0. The summed E-state index contributed by atoms with van der Waals surface area (Å²) in [7, 11) is 0. The number of piperidine rings is 1. The Morgan fingerprint density at radius 1 is 1.60 bits per heavy atom. The van der Waals surface area contributed by atoms with Gasteiger partial charge < -0.3 is 15.7 Å². The van der Waals surface area contributed by atoms with Crippen LogP contribution in [0.3, 0.4) is 0 Å². The Morgan fingerprint density at radius 3 is 2.87 bits per heavy atom. The number of aliphatic hydroxyl groups is 1. The molecular weight excluding hydrogens is 192 g/mol. The molecule has 1 aliphatic rings. The lowest BCUT2D eigenvalue weighted by atomic mass is 9.95. The van der Waals surface area contributed by atoms with Gasteiger partial charge >= 0.3 is 0 Å². The van der Waals surface area contributed by atoms with E-state index in [1.165, 1.54) is 0 Å². The minimum Gasteiger partial charge on any atom is -0.396 e. The van der Waals surface area contributed by atoms with Crippen molar-refractivity contribution in [2.75, 3.05) is 19.7 Å². The van der Waals surface area contributed by atoms with Gasteiger partial charge in [0.15, 0.2) is 0 Å². The second-order valence-electron chi connectivity index (χ2n) is 4.89. The van der Waals surface area contributed by atoms with Gasteiger partial charge in [0.25, 0.3) is 0 Å². The summed E-state index contributed by atoms with van der Waals surface area (Å²) in [5, 5.41) is 15.1. The molecule has 1 saturated heterocycles. The van der Waals surface area contributed by atoms with Gasteiger partial charge in [0.2, 0.25) is 5.91 Å². The first-order chi connectivity index (χ1) is 7.05. The molecule has 0 aliphatic carbocycles. The predicted octanol–water partition coefficient (Wildman–Crippen LogP) is 0.263. The Morgan fingerprint density at radius 2 is 2.33 bits per heavy atom. The van der Waals surface area contributed by atoms with Crippen LogP contribution in [0, 0.1) is 5.92 Å². The summed E-state index contributed by atoms with van der Waals surface area (Å²) in [6, 6.07) is 0. The lowest BCUT2D eigenvalue weighted by molar-refractivity contribution is -0.127. The number of amides is 1. The van der Waals surface area contributed by atoms with Crippen LogP contribution >= 0.6 is 0 Å². The summed E-state index contributed by atoms with van der Waals surface area (Å²) in [5.74, 6) is 0.206. The molecule has 4 heteroatoms. The van der Waals surface area contributed by atoms with Gasteiger partial charge in [-0.05, 0) is 39.7 Å². The Labute approximate surface area is 91.4 Å². The molecular formula is C11H22N2O2. The first kappa shape index (κ1) is 12.5. The molecule has 1 fully saturated rings. The molecule has 4 nitrogen and oxygen atoms in total. The summed E-state index contributed by atoms with van der Waals surface area (Å²) in [4.78, 5) is 11.9. The fraction of sp³-hybridized carbons (Fsp3) is 0.909. The summed E-state index contributed by atoms with van der Waals surface area (Å²) in [5.41, 5.74) is -0.302. The van der Waals surface area contributed by atoms with Gasteiger partial charge in [-0.25, -0.2) is 0 Å². The Bertz CT molecular complexity index is 211. The zero-order valence-electron chi connectivity index (χ0n) is 9.68. The van der Waals surface area contributed by atoms with Crippen molar-refractivity contribution in [3.63, 3.8) is 0 Å². The molecule has 1 amide bonds. The molecule has 0 unspecified atom stereocenters. The number of hydrogen-bond acceptors (Lipinski definition) is 3. The van der Waals surface area contributed by atoms with Crippen molar-refractivity contribution in [3.05, 3.63) is 0 Å². The highest BCUT2D eigenvalue weighted by molar-refractivity contribution is 5.79. The zero-order chi connectivity index (χ0) is 11.3. The van der Waals surface area contributed by atoms with E-state index in [2.05, 4.69) is 10.6 Å². The third-order valence-electron chi connectivity index (χ3n) is 2.87. The number of hydrogen-bond donors (Lipinski definition) is 3. The smallest absolute Gasteiger partial charge is 0.224 e. The molecule has 88 valence electrons. The summed E-state index contributed by atoms with van der Waals surface area (Å²) < 4.78 is 0. The molecule has 3 N–H and O–H groups in total. The van der Waals surface area contributed by atoms with Gasteiger partial charge in [-0.1, -0.05) is 0 Å². The molecule has 1 rings (SSSR count). The minimum absolute atomic E-state index is 0.0942. The van der Waals surface area contributed by atoms with E-state index in [1.807, 2.05) is 13.8 Å². The van der Waals surface area contributed by atoms with Crippen LogP contribution in [0.2, 0.25) is 0 Å². The van der Waals surface area contributed by atoms with E-state index in [0.717, 1.165) is 25.9 Å². The van der Waals surface area contributed by atoms with Crippen molar-refractivity contribution >= 4 is 5.91 Å². The molecule has 0 bridgehead atoms. The molecule has 0 aromatic carbocycles. The van der Waals surface area contributed by atoms with Crippen LogP contribution < -0.4 is 10.6 Å². The quantitative estimate of drug-likeness (QED) is 0.629. The number of carbonyl (C=O) groups excluding carboxylic acids is 1. The van der Waals surface area contributed by atoms with E-state index >= 15 is 0 Å². The van der Waals surface area contributed by atoms with E-state index < -0.39 is 0 Å². The van der Waals surface area contributed by atoms with E-state index in [1.54, 1.807) is 0 Å². The van der Waals surface area contributed by atoms with Gasteiger partial charge in [-0.3, -0.25) is 4.79 Å². The maximum Gasteiger partial charge on any atom is 0.224 e. The third-order valence-corrected chi connectivity index (χ3v) is 2.87. The standard InChI is InChI=1S/C11H22N2O2/c1-11(2,5-7-14)13-10(15)9-4-3-6-12-8-9/h9,12,14H,3-8H2,1-2H3,(H,13,15)/t9-/m0/s1. The van der Waals surface area contributed by atoms with Crippen LogP contribution in [0.15, 0.2) is 0 Å². The average Bonchev–Trinajstić information content (AvgIpc) is 2.18. The molecule has 0 aromatic rings. The maximum atomic E-state index is 11.9. The fourth-order valence-corrected chi connectivity index (χ4v) is 1.85. The largest absolute Gasteiger partial charge is 0.396 e. The number of aliphatic hydroxyl groups excluding tert-OH is 1. The molecule has 0 radical (unpaired) electrons. The monoisotopic (exact) mass is 214 g/mol. The topological polar surface area (TPSA) is 61.4 Å². The second kappa shape index (κ2) is 5.47. The van der Waals surface area contributed by atoms with Crippen molar-refractivity contribution in [1.82, 2.24) is 10.6 Å². The molecule has 1 heterocycles. The average molecular weight is 214 g/mol. The first-order valence-corrected chi connectivity index (χ1v) is 5.69. The Hall–Kier alpha value is -0.610. The molecule has 15 heavy (non-hydrogen) atoms. The van der Waals surface area contributed by atoms with Gasteiger partial charge in [0.05, 0.1) is 5.92 Å². The summed E-state index contributed by atoms with van der Waals surface area (Å²) in [6.45, 7) is 5.79. The summed E-state index contributed by atoms with van der Waals surface area (Å²) in [6.07, 6.45) is 2.63. The van der Waals surface area contributed by atoms with E-state index in [-0.39, 0.29) is 24.0 Å². The van der Waals surface area contributed by atoms with E-state index in [4.69, 9.17) is 5.11 Å². The third kappa shape index (κ3) is 4.18. The van der Waals surface area contributed by atoms with Crippen molar-refractivity contribution < 1.29 is 9.90 Å². The maximum absolute atomic E-state index is 11.9. The fourth-order valence-electron chi connectivity index (χ4n) is 1.85. The molecule has 0 saturated carbocycles.